The molecule has 0 aliphatic heterocycles. The first-order valence-electron chi connectivity index (χ1n) is 9.71. The highest BCUT2D eigenvalue weighted by atomic mass is 16.3. The van der Waals surface area contributed by atoms with E-state index in [1.807, 2.05) is 36.4 Å². The first kappa shape index (κ1) is 18.4. The van der Waals surface area contributed by atoms with Crippen LogP contribution < -0.4 is 10.6 Å². The lowest BCUT2D eigenvalue weighted by Gasteiger charge is -2.26. The average molecular weight is 376 g/mol. The minimum absolute atomic E-state index is 0.125. The molecule has 1 amide bonds. The molecule has 28 heavy (non-hydrogen) atoms. The second-order valence-corrected chi connectivity index (χ2v) is 7.29. The lowest BCUT2D eigenvalue weighted by atomic mass is 9.93. The predicted octanol–water partition coefficient (Wildman–Crippen LogP) is 3.28. The molecule has 1 fully saturated rings. The summed E-state index contributed by atoms with van der Waals surface area (Å²) in [5.41, 5.74) is 2.37. The van der Waals surface area contributed by atoms with Crippen molar-refractivity contribution < 1.29 is 9.90 Å². The van der Waals surface area contributed by atoms with Crippen LogP contribution in [0.25, 0.3) is 10.9 Å². The van der Waals surface area contributed by atoms with E-state index in [9.17, 15) is 9.90 Å². The topological polar surface area (TPSA) is 87.1 Å². The van der Waals surface area contributed by atoms with Gasteiger partial charge in [-0.2, -0.15) is 0 Å². The fourth-order valence-corrected chi connectivity index (χ4v) is 3.52. The van der Waals surface area contributed by atoms with Gasteiger partial charge in [-0.25, -0.2) is 9.97 Å². The van der Waals surface area contributed by atoms with E-state index in [1.165, 1.54) is 0 Å². The van der Waals surface area contributed by atoms with Crippen molar-refractivity contribution in [3.8, 4) is 0 Å². The van der Waals surface area contributed by atoms with Crippen molar-refractivity contribution in [2.45, 2.75) is 44.4 Å². The SMILES string of the molecule is O=C(NCc1ccccc1)c1ccc2cnc(NC3CCC(O)CC3)nc2c1. The van der Waals surface area contributed by atoms with Crippen molar-refractivity contribution in [2.75, 3.05) is 5.32 Å². The van der Waals surface area contributed by atoms with Gasteiger partial charge in [-0.05, 0) is 43.4 Å². The van der Waals surface area contributed by atoms with Gasteiger partial charge in [0.1, 0.15) is 0 Å². The summed E-state index contributed by atoms with van der Waals surface area (Å²) in [7, 11) is 0. The second-order valence-electron chi connectivity index (χ2n) is 7.29. The molecule has 0 saturated heterocycles. The van der Waals surface area contributed by atoms with Crippen LogP contribution in [0.2, 0.25) is 0 Å². The summed E-state index contributed by atoms with van der Waals surface area (Å²) in [6, 6.07) is 15.6. The molecule has 6 nitrogen and oxygen atoms in total. The van der Waals surface area contributed by atoms with Crippen LogP contribution in [0.4, 0.5) is 5.95 Å². The maximum absolute atomic E-state index is 12.5. The number of hydrogen-bond donors (Lipinski definition) is 3. The van der Waals surface area contributed by atoms with Gasteiger partial charge in [0.25, 0.3) is 5.91 Å². The molecule has 2 aromatic carbocycles. The van der Waals surface area contributed by atoms with Gasteiger partial charge in [0.05, 0.1) is 11.6 Å². The molecule has 6 heteroatoms. The molecule has 0 radical (unpaired) electrons. The summed E-state index contributed by atoms with van der Waals surface area (Å²) < 4.78 is 0. The molecule has 3 aromatic rings. The Morgan fingerprint density at radius 3 is 2.64 bits per heavy atom. The predicted molar refractivity (Wildman–Crippen MR) is 109 cm³/mol. The number of carbonyl (C=O) groups is 1. The highest BCUT2D eigenvalue weighted by Gasteiger charge is 2.20. The second kappa shape index (κ2) is 8.35. The number of aliphatic hydroxyl groups excluding tert-OH is 1. The zero-order valence-corrected chi connectivity index (χ0v) is 15.6. The van der Waals surface area contributed by atoms with Gasteiger partial charge < -0.3 is 15.7 Å². The summed E-state index contributed by atoms with van der Waals surface area (Å²) in [5.74, 6) is 0.441. The Hall–Kier alpha value is -2.99. The zero-order chi connectivity index (χ0) is 19.3. The van der Waals surface area contributed by atoms with Crippen LogP contribution in [0.1, 0.15) is 41.6 Å². The number of nitrogens with one attached hydrogen (secondary N) is 2. The van der Waals surface area contributed by atoms with Crippen molar-refractivity contribution >= 4 is 22.8 Å². The standard InChI is InChI=1S/C22H24N4O2/c27-19-10-8-18(9-11-19)25-22-24-14-17-7-6-16(12-20(17)26-22)21(28)23-13-15-4-2-1-3-5-15/h1-7,12,14,18-19,27H,8-11,13H2,(H,23,28)(H,24,25,26). The quantitative estimate of drug-likeness (QED) is 0.636. The van der Waals surface area contributed by atoms with Crippen molar-refractivity contribution in [2.24, 2.45) is 0 Å². The van der Waals surface area contributed by atoms with E-state index in [2.05, 4.69) is 20.6 Å². The van der Waals surface area contributed by atoms with Gasteiger partial charge in [-0.1, -0.05) is 36.4 Å². The Labute approximate surface area is 164 Å². The Balaban J connectivity index is 1.45. The van der Waals surface area contributed by atoms with Crippen molar-refractivity contribution in [1.29, 1.82) is 0 Å². The van der Waals surface area contributed by atoms with Crippen LogP contribution in [-0.2, 0) is 6.54 Å². The van der Waals surface area contributed by atoms with Crippen LogP contribution in [0.15, 0.2) is 54.7 Å². The number of amides is 1. The van der Waals surface area contributed by atoms with Gasteiger partial charge in [0.2, 0.25) is 5.95 Å². The number of carbonyl (C=O) groups excluding carboxylic acids is 1. The molecular formula is C22H24N4O2. The third-order valence-electron chi connectivity index (χ3n) is 5.17. The number of aromatic nitrogens is 2. The lowest BCUT2D eigenvalue weighted by molar-refractivity contribution is 0.0951. The first-order valence-corrected chi connectivity index (χ1v) is 9.71. The Morgan fingerprint density at radius 1 is 1.07 bits per heavy atom. The minimum atomic E-state index is -0.187. The fraction of sp³-hybridized carbons (Fsp3) is 0.318. The third kappa shape index (κ3) is 4.46. The Kier molecular flexibility index (Phi) is 5.48. The number of anilines is 1. The van der Waals surface area contributed by atoms with E-state index in [1.54, 1.807) is 18.3 Å². The normalized spacial score (nSPS) is 19.3. The molecule has 1 heterocycles. The number of hydrogen-bond acceptors (Lipinski definition) is 5. The van der Waals surface area contributed by atoms with Gasteiger partial charge in [0, 0.05) is 29.7 Å². The molecule has 144 valence electrons. The van der Waals surface area contributed by atoms with Gasteiger partial charge >= 0.3 is 0 Å². The van der Waals surface area contributed by atoms with Crippen LogP contribution in [-0.4, -0.2) is 33.1 Å². The molecule has 1 aliphatic rings. The van der Waals surface area contributed by atoms with E-state index >= 15 is 0 Å². The lowest BCUT2D eigenvalue weighted by Crippen LogP contribution is -2.28. The maximum Gasteiger partial charge on any atom is 0.251 e. The smallest absolute Gasteiger partial charge is 0.251 e. The van der Waals surface area contributed by atoms with E-state index in [-0.39, 0.29) is 18.1 Å². The Bertz CT molecular complexity index is 953. The molecule has 3 N–H and O–H groups in total. The molecule has 1 aromatic heterocycles. The Morgan fingerprint density at radius 2 is 1.86 bits per heavy atom. The van der Waals surface area contributed by atoms with E-state index in [4.69, 9.17) is 0 Å². The third-order valence-corrected chi connectivity index (χ3v) is 5.17. The van der Waals surface area contributed by atoms with Gasteiger partial charge in [0.15, 0.2) is 0 Å². The van der Waals surface area contributed by atoms with E-state index < -0.39 is 0 Å². The maximum atomic E-state index is 12.5. The zero-order valence-electron chi connectivity index (χ0n) is 15.6. The van der Waals surface area contributed by atoms with Gasteiger partial charge in [-0.3, -0.25) is 4.79 Å². The fourth-order valence-electron chi connectivity index (χ4n) is 3.52. The summed E-state index contributed by atoms with van der Waals surface area (Å²) >= 11 is 0. The van der Waals surface area contributed by atoms with Crippen molar-refractivity contribution in [3.05, 3.63) is 65.9 Å². The summed E-state index contributed by atoms with van der Waals surface area (Å²) in [6.07, 6.45) is 5.00. The van der Waals surface area contributed by atoms with Gasteiger partial charge in [-0.15, -0.1) is 0 Å². The monoisotopic (exact) mass is 376 g/mol. The minimum Gasteiger partial charge on any atom is -0.393 e. The number of nitrogens with zero attached hydrogens (tertiary/aromatic N) is 2. The van der Waals surface area contributed by atoms with Crippen molar-refractivity contribution in [3.63, 3.8) is 0 Å². The van der Waals surface area contributed by atoms with Crippen molar-refractivity contribution in [1.82, 2.24) is 15.3 Å². The summed E-state index contributed by atoms with van der Waals surface area (Å²) in [6.45, 7) is 0.488. The van der Waals surface area contributed by atoms with Crippen LogP contribution >= 0.6 is 0 Å². The van der Waals surface area contributed by atoms with E-state index in [0.29, 0.717) is 18.1 Å². The summed E-state index contributed by atoms with van der Waals surface area (Å²) in [4.78, 5) is 21.5. The first-order chi connectivity index (χ1) is 13.7. The number of rotatable bonds is 5. The van der Waals surface area contributed by atoms with Crippen LogP contribution in [0, 0.1) is 0 Å². The molecule has 0 spiro atoms. The highest BCUT2D eigenvalue weighted by Crippen LogP contribution is 2.22. The summed E-state index contributed by atoms with van der Waals surface area (Å²) in [5, 5.41) is 16.8. The molecule has 4 rings (SSSR count). The molecule has 0 atom stereocenters. The molecular weight excluding hydrogens is 352 g/mol. The average Bonchev–Trinajstić information content (AvgIpc) is 2.74. The largest absolute Gasteiger partial charge is 0.393 e. The molecule has 1 saturated carbocycles. The molecule has 1 aliphatic carbocycles. The number of benzene rings is 2. The molecule has 0 bridgehead atoms. The number of fused-ring (bicyclic) bond motifs is 1. The van der Waals surface area contributed by atoms with E-state index in [0.717, 1.165) is 42.1 Å². The molecule has 0 unspecified atom stereocenters. The van der Waals surface area contributed by atoms with Crippen LogP contribution in [0.5, 0.6) is 0 Å². The number of aliphatic hydroxyl groups is 1. The highest BCUT2D eigenvalue weighted by molar-refractivity contribution is 5.97. The van der Waals surface area contributed by atoms with Crippen LogP contribution in [0.3, 0.4) is 0 Å².